The Balaban J connectivity index is 0.00000242. The third kappa shape index (κ3) is 5.36. The molecule has 120 valence electrons. The van der Waals surface area contributed by atoms with Crippen LogP contribution in [0.5, 0.6) is 0 Å². The summed E-state index contributed by atoms with van der Waals surface area (Å²) in [4.78, 5) is 11.8. The number of benzene rings is 1. The zero-order valence-corrected chi connectivity index (χ0v) is 14.3. The van der Waals surface area contributed by atoms with Crippen molar-refractivity contribution in [3.05, 3.63) is 40.4 Å². The first-order valence-corrected chi connectivity index (χ1v) is 7.84. The number of carbonyl (C=O) groups is 1. The number of nitrogens with two attached hydrogens (primary N) is 1. The molecule has 2 aromatic rings. The van der Waals surface area contributed by atoms with Crippen LogP contribution in [0.2, 0.25) is 0 Å². The molecular weight excluding hydrogens is 320 g/mol. The molecule has 0 aliphatic heterocycles. The van der Waals surface area contributed by atoms with Gasteiger partial charge in [0.25, 0.3) is 0 Å². The van der Waals surface area contributed by atoms with Crippen molar-refractivity contribution in [3.8, 4) is 0 Å². The first kappa shape index (κ1) is 18.5. The summed E-state index contributed by atoms with van der Waals surface area (Å²) in [5, 5.41) is 12.2. The van der Waals surface area contributed by atoms with Gasteiger partial charge in [0.1, 0.15) is 5.01 Å². The molecule has 1 unspecified atom stereocenters. The number of hydrogen-bond donors (Lipinski definition) is 2. The van der Waals surface area contributed by atoms with E-state index in [0.717, 1.165) is 17.8 Å². The second-order valence-electron chi connectivity index (χ2n) is 5.05. The molecule has 0 bridgehead atoms. The summed E-state index contributed by atoms with van der Waals surface area (Å²) >= 11 is 1.39. The minimum absolute atomic E-state index is 0. The molecule has 0 saturated carbocycles. The van der Waals surface area contributed by atoms with Gasteiger partial charge in [0.15, 0.2) is 0 Å². The van der Waals surface area contributed by atoms with E-state index in [2.05, 4.69) is 46.7 Å². The van der Waals surface area contributed by atoms with Crippen LogP contribution in [0.4, 0.5) is 5.13 Å². The Hall–Kier alpha value is -1.50. The lowest BCUT2D eigenvalue weighted by Crippen LogP contribution is -2.35. The van der Waals surface area contributed by atoms with Crippen LogP contribution in [-0.4, -0.2) is 22.1 Å². The summed E-state index contributed by atoms with van der Waals surface area (Å²) in [5.74, 6) is -0.199. The maximum absolute atomic E-state index is 11.8. The Morgan fingerprint density at radius 2 is 2.00 bits per heavy atom. The first-order chi connectivity index (χ1) is 10.1. The Labute approximate surface area is 140 Å². The maximum atomic E-state index is 11.8. The highest BCUT2D eigenvalue weighted by Gasteiger charge is 2.14. The van der Waals surface area contributed by atoms with E-state index < -0.39 is 6.04 Å². The van der Waals surface area contributed by atoms with Crippen LogP contribution >= 0.6 is 23.7 Å². The molecule has 2 rings (SSSR count). The average Bonchev–Trinajstić information content (AvgIpc) is 2.89. The molecular formula is C15H21ClN4OS. The van der Waals surface area contributed by atoms with E-state index in [9.17, 15) is 4.79 Å². The second kappa shape index (κ2) is 8.82. The number of anilines is 1. The molecule has 0 aliphatic rings. The van der Waals surface area contributed by atoms with Gasteiger partial charge in [0.05, 0.1) is 6.04 Å². The van der Waals surface area contributed by atoms with Crippen LogP contribution in [0, 0.1) is 6.92 Å². The van der Waals surface area contributed by atoms with Gasteiger partial charge in [-0.3, -0.25) is 10.1 Å². The number of hydrogen-bond acceptors (Lipinski definition) is 5. The number of aryl methyl sites for hydroxylation is 1. The Kier molecular flexibility index (Phi) is 7.44. The monoisotopic (exact) mass is 340 g/mol. The van der Waals surface area contributed by atoms with Crippen molar-refractivity contribution in [3.63, 3.8) is 0 Å². The predicted molar refractivity (Wildman–Crippen MR) is 92.7 cm³/mol. The van der Waals surface area contributed by atoms with E-state index in [1.165, 1.54) is 22.5 Å². The summed E-state index contributed by atoms with van der Waals surface area (Å²) < 4.78 is 0. The van der Waals surface area contributed by atoms with Crippen LogP contribution in [-0.2, 0) is 11.2 Å². The number of amides is 1. The minimum Gasteiger partial charge on any atom is -0.320 e. The van der Waals surface area contributed by atoms with E-state index in [0.29, 0.717) is 11.6 Å². The molecule has 0 aliphatic carbocycles. The van der Waals surface area contributed by atoms with E-state index >= 15 is 0 Å². The lowest BCUT2D eigenvalue weighted by atomic mass is 10.1. The standard InChI is InChI=1S/C15H20N4OS.ClH/c1-3-4-12(16)14(20)17-15-19-18-13(21-15)9-11-7-5-10(2)6-8-11;/h5-8,12H,3-4,9,16H2,1-2H3,(H,17,19,20);1H. The molecule has 0 spiro atoms. The highest BCUT2D eigenvalue weighted by molar-refractivity contribution is 7.15. The second-order valence-corrected chi connectivity index (χ2v) is 6.11. The molecule has 0 fully saturated rings. The lowest BCUT2D eigenvalue weighted by molar-refractivity contribution is -0.117. The van der Waals surface area contributed by atoms with E-state index in [1.807, 2.05) is 6.92 Å². The van der Waals surface area contributed by atoms with E-state index in [4.69, 9.17) is 5.73 Å². The van der Waals surface area contributed by atoms with Crippen molar-refractivity contribution in [1.82, 2.24) is 10.2 Å². The van der Waals surface area contributed by atoms with Gasteiger partial charge in [-0.15, -0.1) is 22.6 Å². The van der Waals surface area contributed by atoms with Crippen LogP contribution < -0.4 is 11.1 Å². The van der Waals surface area contributed by atoms with Crippen molar-refractivity contribution in [2.45, 2.75) is 39.2 Å². The fraction of sp³-hybridized carbons (Fsp3) is 0.400. The topological polar surface area (TPSA) is 80.9 Å². The smallest absolute Gasteiger partial charge is 0.243 e. The van der Waals surface area contributed by atoms with Gasteiger partial charge in [-0.25, -0.2) is 0 Å². The largest absolute Gasteiger partial charge is 0.320 e. The summed E-state index contributed by atoms with van der Waals surface area (Å²) in [6.07, 6.45) is 2.26. The molecule has 3 N–H and O–H groups in total. The normalized spacial score (nSPS) is 11.6. The summed E-state index contributed by atoms with van der Waals surface area (Å²) in [5.41, 5.74) is 8.17. The molecule has 1 aromatic carbocycles. The molecule has 22 heavy (non-hydrogen) atoms. The van der Waals surface area contributed by atoms with Gasteiger partial charge in [-0.05, 0) is 18.9 Å². The van der Waals surface area contributed by atoms with Crippen molar-refractivity contribution in [2.24, 2.45) is 5.73 Å². The molecule has 0 radical (unpaired) electrons. The molecule has 1 amide bonds. The quantitative estimate of drug-likeness (QED) is 0.847. The molecule has 1 atom stereocenters. The lowest BCUT2D eigenvalue weighted by Gasteiger charge is -2.08. The van der Waals surface area contributed by atoms with Gasteiger partial charge < -0.3 is 5.73 Å². The predicted octanol–water partition coefficient (Wildman–Crippen LogP) is 2.93. The molecule has 1 heterocycles. The molecule has 7 heteroatoms. The van der Waals surface area contributed by atoms with Gasteiger partial charge in [0.2, 0.25) is 11.0 Å². The van der Waals surface area contributed by atoms with Gasteiger partial charge in [0, 0.05) is 6.42 Å². The summed E-state index contributed by atoms with van der Waals surface area (Å²) in [7, 11) is 0. The number of halogens is 1. The number of rotatable bonds is 6. The van der Waals surface area contributed by atoms with Gasteiger partial charge in [-0.1, -0.05) is 54.5 Å². The molecule has 1 aromatic heterocycles. The van der Waals surface area contributed by atoms with Crippen molar-refractivity contribution in [1.29, 1.82) is 0 Å². The Morgan fingerprint density at radius 1 is 1.32 bits per heavy atom. The fourth-order valence-corrected chi connectivity index (χ4v) is 2.67. The van der Waals surface area contributed by atoms with Gasteiger partial charge >= 0.3 is 0 Å². The first-order valence-electron chi connectivity index (χ1n) is 7.03. The van der Waals surface area contributed by atoms with Crippen molar-refractivity contribution < 1.29 is 4.79 Å². The third-order valence-corrected chi connectivity index (χ3v) is 3.95. The number of nitrogens with one attached hydrogen (secondary N) is 1. The summed E-state index contributed by atoms with van der Waals surface area (Å²) in [6.45, 7) is 4.06. The maximum Gasteiger partial charge on any atom is 0.243 e. The van der Waals surface area contributed by atoms with Gasteiger partial charge in [-0.2, -0.15) is 0 Å². The molecule has 0 saturated heterocycles. The highest BCUT2D eigenvalue weighted by Crippen LogP contribution is 2.19. The minimum atomic E-state index is -0.487. The van der Waals surface area contributed by atoms with Crippen LogP contribution in [0.25, 0.3) is 0 Å². The Bertz CT molecular complexity index is 600. The zero-order chi connectivity index (χ0) is 15.2. The average molecular weight is 341 g/mol. The third-order valence-electron chi connectivity index (χ3n) is 3.11. The van der Waals surface area contributed by atoms with Crippen molar-refractivity contribution in [2.75, 3.05) is 5.32 Å². The number of carbonyl (C=O) groups excluding carboxylic acids is 1. The van der Waals surface area contributed by atoms with Crippen molar-refractivity contribution >= 4 is 34.8 Å². The van der Waals surface area contributed by atoms with Crippen LogP contribution in [0.3, 0.4) is 0 Å². The SMILES string of the molecule is CCCC(N)C(=O)Nc1nnc(Cc2ccc(C)cc2)s1.Cl. The van der Waals surface area contributed by atoms with Crippen LogP contribution in [0.15, 0.2) is 24.3 Å². The number of aromatic nitrogens is 2. The fourth-order valence-electron chi connectivity index (χ4n) is 1.90. The molecule has 5 nitrogen and oxygen atoms in total. The highest BCUT2D eigenvalue weighted by atomic mass is 35.5. The Morgan fingerprint density at radius 3 is 2.64 bits per heavy atom. The summed E-state index contributed by atoms with van der Waals surface area (Å²) in [6, 6.07) is 7.81. The van der Waals surface area contributed by atoms with Crippen LogP contribution in [0.1, 0.15) is 35.9 Å². The van der Waals surface area contributed by atoms with E-state index in [-0.39, 0.29) is 18.3 Å². The zero-order valence-electron chi connectivity index (χ0n) is 12.7. The van der Waals surface area contributed by atoms with E-state index in [1.54, 1.807) is 0 Å². The number of nitrogens with zero attached hydrogens (tertiary/aromatic N) is 2.